The first-order valence-electron chi connectivity index (χ1n) is 5.69. The van der Waals surface area contributed by atoms with E-state index in [1.807, 2.05) is 37.3 Å². The molecule has 3 atom stereocenters. The molecule has 0 bridgehead atoms. The van der Waals surface area contributed by atoms with Gasteiger partial charge in [0, 0.05) is 10.9 Å². The fourth-order valence-electron chi connectivity index (χ4n) is 1.77. The van der Waals surface area contributed by atoms with E-state index in [2.05, 4.69) is 15.9 Å². The summed E-state index contributed by atoms with van der Waals surface area (Å²) in [6, 6.07) is 8.95. The molecule has 0 saturated heterocycles. The standard InChI is InChI=1S/C13H18BrNO2/c1-9(14)7-8-11(13(16)17)12(15)10-5-3-2-4-6-10/h2-6,9,11-12H,7-8,15H2,1H3,(H,16,17). The lowest BCUT2D eigenvalue weighted by Gasteiger charge is -2.21. The number of halogens is 1. The number of hydrogen-bond donors (Lipinski definition) is 2. The molecule has 3 N–H and O–H groups in total. The van der Waals surface area contributed by atoms with Gasteiger partial charge in [0.2, 0.25) is 0 Å². The van der Waals surface area contributed by atoms with Crippen LogP contribution in [-0.2, 0) is 4.79 Å². The van der Waals surface area contributed by atoms with Gasteiger partial charge in [-0.2, -0.15) is 0 Å². The monoisotopic (exact) mass is 299 g/mol. The van der Waals surface area contributed by atoms with Crippen LogP contribution in [0.3, 0.4) is 0 Å². The topological polar surface area (TPSA) is 63.3 Å². The molecule has 0 radical (unpaired) electrons. The van der Waals surface area contributed by atoms with Crippen molar-refractivity contribution in [1.82, 2.24) is 0 Å². The smallest absolute Gasteiger partial charge is 0.308 e. The minimum atomic E-state index is -0.825. The van der Waals surface area contributed by atoms with Gasteiger partial charge in [0.25, 0.3) is 0 Å². The second-order valence-electron chi connectivity index (χ2n) is 4.24. The lowest BCUT2D eigenvalue weighted by molar-refractivity contribution is -0.142. The number of hydrogen-bond acceptors (Lipinski definition) is 2. The van der Waals surface area contributed by atoms with Gasteiger partial charge in [-0.05, 0) is 18.4 Å². The molecule has 94 valence electrons. The van der Waals surface area contributed by atoms with Crippen molar-refractivity contribution in [3.63, 3.8) is 0 Å². The fourth-order valence-corrected chi connectivity index (χ4v) is 2.04. The summed E-state index contributed by atoms with van der Waals surface area (Å²) in [5.74, 6) is -1.35. The predicted octanol–water partition coefficient (Wildman–Crippen LogP) is 2.95. The molecule has 0 fully saturated rings. The second kappa shape index (κ2) is 6.77. The molecule has 1 rings (SSSR count). The van der Waals surface area contributed by atoms with E-state index in [0.717, 1.165) is 12.0 Å². The Morgan fingerprint density at radius 3 is 2.41 bits per heavy atom. The molecule has 0 spiro atoms. The maximum Gasteiger partial charge on any atom is 0.308 e. The van der Waals surface area contributed by atoms with Crippen molar-refractivity contribution in [2.45, 2.75) is 30.6 Å². The minimum Gasteiger partial charge on any atom is -0.481 e. The summed E-state index contributed by atoms with van der Waals surface area (Å²) in [6.45, 7) is 2.01. The summed E-state index contributed by atoms with van der Waals surface area (Å²) in [5, 5.41) is 9.22. The van der Waals surface area contributed by atoms with Crippen LogP contribution in [-0.4, -0.2) is 15.9 Å². The van der Waals surface area contributed by atoms with E-state index in [1.165, 1.54) is 0 Å². The molecule has 0 heterocycles. The van der Waals surface area contributed by atoms with Gasteiger partial charge in [0.15, 0.2) is 0 Å². The van der Waals surface area contributed by atoms with E-state index in [0.29, 0.717) is 11.2 Å². The lowest BCUT2D eigenvalue weighted by atomic mass is 9.89. The SMILES string of the molecule is CC(Br)CCC(C(=O)O)C(N)c1ccccc1. The zero-order valence-corrected chi connectivity index (χ0v) is 11.4. The van der Waals surface area contributed by atoms with Crippen molar-refractivity contribution in [1.29, 1.82) is 0 Å². The average molecular weight is 300 g/mol. The van der Waals surface area contributed by atoms with Crippen molar-refractivity contribution in [3.05, 3.63) is 35.9 Å². The maximum absolute atomic E-state index is 11.2. The summed E-state index contributed by atoms with van der Waals surface area (Å²) in [7, 11) is 0. The van der Waals surface area contributed by atoms with Crippen LogP contribution < -0.4 is 5.73 Å². The molecule has 3 unspecified atom stereocenters. The third kappa shape index (κ3) is 4.48. The Labute approximate surface area is 110 Å². The van der Waals surface area contributed by atoms with Gasteiger partial charge in [-0.25, -0.2) is 0 Å². The third-order valence-corrected chi connectivity index (χ3v) is 3.27. The number of nitrogens with two attached hydrogens (primary N) is 1. The zero-order valence-electron chi connectivity index (χ0n) is 9.84. The first kappa shape index (κ1) is 14.2. The molecule has 1 aromatic rings. The molecule has 4 heteroatoms. The van der Waals surface area contributed by atoms with Gasteiger partial charge in [0.05, 0.1) is 5.92 Å². The highest BCUT2D eigenvalue weighted by Crippen LogP contribution is 2.25. The van der Waals surface area contributed by atoms with Crippen LogP contribution in [0.2, 0.25) is 0 Å². The largest absolute Gasteiger partial charge is 0.481 e. The van der Waals surface area contributed by atoms with E-state index < -0.39 is 17.9 Å². The van der Waals surface area contributed by atoms with E-state index in [9.17, 15) is 9.90 Å². The van der Waals surface area contributed by atoms with Crippen LogP contribution in [0.5, 0.6) is 0 Å². The second-order valence-corrected chi connectivity index (χ2v) is 5.80. The molecule has 3 nitrogen and oxygen atoms in total. The van der Waals surface area contributed by atoms with Crippen LogP contribution >= 0.6 is 15.9 Å². The van der Waals surface area contributed by atoms with Gasteiger partial charge in [-0.1, -0.05) is 53.2 Å². The Kier molecular flexibility index (Phi) is 5.65. The highest BCUT2D eigenvalue weighted by molar-refractivity contribution is 9.09. The maximum atomic E-state index is 11.2. The first-order valence-corrected chi connectivity index (χ1v) is 6.61. The first-order chi connectivity index (χ1) is 8.02. The summed E-state index contributed by atoms with van der Waals surface area (Å²) >= 11 is 3.42. The molecule has 17 heavy (non-hydrogen) atoms. The Balaban J connectivity index is 2.74. The Hall–Kier alpha value is -0.870. The summed E-state index contributed by atoms with van der Waals surface area (Å²) < 4.78 is 0. The summed E-state index contributed by atoms with van der Waals surface area (Å²) in [5.41, 5.74) is 6.91. The molecule has 0 saturated carbocycles. The van der Waals surface area contributed by atoms with Crippen molar-refractivity contribution in [2.24, 2.45) is 11.7 Å². The van der Waals surface area contributed by atoms with E-state index in [4.69, 9.17) is 5.73 Å². The Morgan fingerprint density at radius 1 is 1.35 bits per heavy atom. The molecule has 0 aliphatic carbocycles. The van der Waals surface area contributed by atoms with Crippen molar-refractivity contribution >= 4 is 21.9 Å². The number of rotatable bonds is 6. The zero-order chi connectivity index (χ0) is 12.8. The van der Waals surface area contributed by atoms with Gasteiger partial charge >= 0.3 is 5.97 Å². The van der Waals surface area contributed by atoms with Gasteiger partial charge in [-0.3, -0.25) is 4.79 Å². The highest BCUT2D eigenvalue weighted by Gasteiger charge is 2.26. The average Bonchev–Trinajstić information content (AvgIpc) is 2.29. The number of carboxylic acid groups (broad SMARTS) is 1. The predicted molar refractivity (Wildman–Crippen MR) is 72.1 cm³/mol. The van der Waals surface area contributed by atoms with Crippen LogP contribution in [0.15, 0.2) is 30.3 Å². The Bertz CT molecular complexity index is 354. The fraction of sp³-hybridized carbons (Fsp3) is 0.462. The molecular weight excluding hydrogens is 282 g/mol. The Morgan fingerprint density at radius 2 is 1.94 bits per heavy atom. The minimum absolute atomic E-state index is 0.312. The van der Waals surface area contributed by atoms with Crippen LogP contribution in [0.4, 0.5) is 0 Å². The van der Waals surface area contributed by atoms with E-state index in [-0.39, 0.29) is 0 Å². The quantitative estimate of drug-likeness (QED) is 0.794. The van der Waals surface area contributed by atoms with Crippen molar-refractivity contribution in [3.8, 4) is 0 Å². The molecule has 0 aliphatic heterocycles. The molecular formula is C13H18BrNO2. The van der Waals surface area contributed by atoms with Crippen LogP contribution in [0, 0.1) is 5.92 Å². The number of carbonyl (C=O) groups is 1. The van der Waals surface area contributed by atoms with Crippen LogP contribution in [0.1, 0.15) is 31.4 Å². The molecule has 0 amide bonds. The summed E-state index contributed by atoms with van der Waals surface area (Å²) in [4.78, 5) is 11.5. The number of aliphatic carboxylic acids is 1. The van der Waals surface area contributed by atoms with E-state index in [1.54, 1.807) is 0 Å². The van der Waals surface area contributed by atoms with E-state index >= 15 is 0 Å². The van der Waals surface area contributed by atoms with Crippen molar-refractivity contribution in [2.75, 3.05) is 0 Å². The highest BCUT2D eigenvalue weighted by atomic mass is 79.9. The summed E-state index contributed by atoms with van der Waals surface area (Å²) in [6.07, 6.45) is 1.38. The van der Waals surface area contributed by atoms with Gasteiger partial charge in [0.1, 0.15) is 0 Å². The third-order valence-electron chi connectivity index (χ3n) is 2.81. The van der Waals surface area contributed by atoms with Gasteiger partial charge < -0.3 is 10.8 Å². The number of alkyl halides is 1. The number of benzene rings is 1. The molecule has 1 aromatic carbocycles. The van der Waals surface area contributed by atoms with Gasteiger partial charge in [-0.15, -0.1) is 0 Å². The molecule has 0 aromatic heterocycles. The van der Waals surface area contributed by atoms with Crippen LogP contribution in [0.25, 0.3) is 0 Å². The normalized spacial score (nSPS) is 16.2. The lowest BCUT2D eigenvalue weighted by Crippen LogP contribution is -2.28. The van der Waals surface area contributed by atoms with Crippen molar-refractivity contribution < 1.29 is 9.90 Å². The molecule has 0 aliphatic rings. The number of carboxylic acids is 1.